The lowest BCUT2D eigenvalue weighted by molar-refractivity contribution is -0.123. The first-order valence-corrected chi connectivity index (χ1v) is 17.3. The van der Waals surface area contributed by atoms with E-state index in [4.69, 9.17) is 9.47 Å². The molecule has 0 spiro atoms. The van der Waals surface area contributed by atoms with Gasteiger partial charge in [-0.1, -0.05) is 33.8 Å². The van der Waals surface area contributed by atoms with Crippen LogP contribution in [0.2, 0.25) is 0 Å². The number of ether oxygens (including phenoxy) is 2. The van der Waals surface area contributed by atoms with Crippen molar-refractivity contribution < 1.29 is 32.3 Å². The van der Waals surface area contributed by atoms with Gasteiger partial charge in [0.15, 0.2) is 6.10 Å². The standard InChI is InChI=1S/C32H42N2O7S2/c1-7-40-30(37)26-24-12-11-19(2)13-25(24)42-28(26)33-27(35)20(3)41-29(36)21-9-8-10-23(14-21)43(38,39)34-18-32(6)16-22(34)15-31(4,5)17-32/h8-10,14,19-20,22H,7,11-13,15-18H2,1-6H3,(H,33,35)/t19-,20+,22+,32-/m1/s1. The number of carbonyl (C=O) groups excluding carboxylic acids is 3. The Kier molecular flexibility index (Phi) is 8.56. The number of nitrogens with one attached hydrogen (secondary N) is 1. The third-order valence-electron chi connectivity index (χ3n) is 8.92. The Hall–Kier alpha value is -2.76. The van der Waals surface area contributed by atoms with Crippen LogP contribution < -0.4 is 5.32 Å². The average molecular weight is 631 g/mol. The number of thiophene rings is 1. The summed E-state index contributed by atoms with van der Waals surface area (Å²) in [6.07, 6.45) is 3.89. The molecule has 1 saturated carbocycles. The van der Waals surface area contributed by atoms with Crippen LogP contribution in [0.5, 0.6) is 0 Å². The minimum atomic E-state index is -3.84. The Morgan fingerprint density at radius 2 is 1.91 bits per heavy atom. The first kappa shape index (κ1) is 31.7. The average Bonchev–Trinajstić information content (AvgIpc) is 3.40. The van der Waals surface area contributed by atoms with Crippen LogP contribution in [0.4, 0.5) is 5.00 Å². The SMILES string of the molecule is CCOC(=O)c1c(NC(=O)[C@H](C)OC(=O)c2cccc(S(=O)(=O)N3C[C@]4(C)C[C@@H]3CC(C)(C)C4)c2)sc2c1CC[C@@H](C)C2. The van der Waals surface area contributed by atoms with E-state index < -0.39 is 34.0 Å². The number of hydrogen-bond donors (Lipinski definition) is 1. The molecule has 3 aliphatic rings. The molecule has 2 bridgehead atoms. The molecule has 0 unspecified atom stereocenters. The fraction of sp³-hybridized carbons (Fsp3) is 0.594. The fourth-order valence-corrected chi connectivity index (χ4v) is 10.6. The van der Waals surface area contributed by atoms with E-state index in [1.54, 1.807) is 11.2 Å². The maximum Gasteiger partial charge on any atom is 0.341 e. The first-order chi connectivity index (χ1) is 20.1. The van der Waals surface area contributed by atoms with E-state index in [-0.39, 0.29) is 33.9 Å². The van der Waals surface area contributed by atoms with Crippen molar-refractivity contribution >= 4 is 44.2 Å². The number of esters is 2. The van der Waals surface area contributed by atoms with Gasteiger partial charge in [-0.05, 0) is 92.9 Å². The predicted octanol–water partition coefficient (Wildman–Crippen LogP) is 5.82. The first-order valence-electron chi connectivity index (χ1n) is 15.1. The third kappa shape index (κ3) is 6.40. The Morgan fingerprint density at radius 1 is 1.16 bits per heavy atom. The summed E-state index contributed by atoms with van der Waals surface area (Å²) in [5.41, 5.74) is 1.32. The monoisotopic (exact) mass is 630 g/mol. The van der Waals surface area contributed by atoms with E-state index in [1.165, 1.54) is 42.5 Å². The Labute approximate surface area is 258 Å². The lowest BCUT2D eigenvalue weighted by Crippen LogP contribution is -2.37. The second-order valence-corrected chi connectivity index (χ2v) is 16.6. The highest BCUT2D eigenvalue weighted by Gasteiger charge is 2.53. The zero-order valence-corrected chi connectivity index (χ0v) is 27.5. The van der Waals surface area contributed by atoms with Gasteiger partial charge in [0.25, 0.3) is 5.91 Å². The summed E-state index contributed by atoms with van der Waals surface area (Å²) in [5, 5.41) is 3.18. The van der Waals surface area contributed by atoms with E-state index in [9.17, 15) is 22.8 Å². The number of sulfonamides is 1. The summed E-state index contributed by atoms with van der Waals surface area (Å²) in [7, 11) is -3.84. The summed E-state index contributed by atoms with van der Waals surface area (Å²) in [6.45, 7) is 12.5. The molecule has 2 aliphatic carbocycles. The van der Waals surface area contributed by atoms with Gasteiger partial charge in [0.1, 0.15) is 5.00 Å². The zero-order valence-electron chi connectivity index (χ0n) is 25.8. The summed E-state index contributed by atoms with van der Waals surface area (Å²) >= 11 is 1.36. The topological polar surface area (TPSA) is 119 Å². The van der Waals surface area contributed by atoms with Crippen LogP contribution in [0, 0.1) is 16.7 Å². The van der Waals surface area contributed by atoms with Gasteiger partial charge in [0, 0.05) is 17.5 Å². The van der Waals surface area contributed by atoms with Gasteiger partial charge >= 0.3 is 11.9 Å². The van der Waals surface area contributed by atoms with E-state index in [0.717, 1.165) is 49.0 Å². The smallest absolute Gasteiger partial charge is 0.341 e. The molecule has 4 atom stereocenters. The van der Waals surface area contributed by atoms with Crippen LogP contribution >= 0.6 is 11.3 Å². The largest absolute Gasteiger partial charge is 0.462 e. The molecule has 1 amide bonds. The molecule has 1 aromatic heterocycles. The number of carbonyl (C=O) groups is 3. The highest BCUT2D eigenvalue weighted by Crippen LogP contribution is 2.53. The van der Waals surface area contributed by atoms with Crippen molar-refractivity contribution in [3.05, 3.63) is 45.8 Å². The highest BCUT2D eigenvalue weighted by molar-refractivity contribution is 7.89. The minimum Gasteiger partial charge on any atom is -0.462 e. The Bertz CT molecular complexity index is 1550. The molecule has 0 radical (unpaired) electrons. The van der Waals surface area contributed by atoms with Crippen LogP contribution in [0.3, 0.4) is 0 Å². The maximum absolute atomic E-state index is 13.7. The van der Waals surface area contributed by atoms with Gasteiger partial charge in [-0.15, -0.1) is 11.3 Å². The van der Waals surface area contributed by atoms with Crippen molar-refractivity contribution in [1.82, 2.24) is 4.31 Å². The number of rotatable bonds is 8. The van der Waals surface area contributed by atoms with Gasteiger partial charge in [0.2, 0.25) is 10.0 Å². The van der Waals surface area contributed by atoms with Crippen molar-refractivity contribution in [2.45, 2.75) is 97.1 Å². The van der Waals surface area contributed by atoms with Crippen molar-refractivity contribution in [2.75, 3.05) is 18.5 Å². The molecule has 1 saturated heterocycles. The Balaban J connectivity index is 1.30. The van der Waals surface area contributed by atoms with Crippen molar-refractivity contribution in [2.24, 2.45) is 16.7 Å². The van der Waals surface area contributed by atoms with Crippen LogP contribution in [0.25, 0.3) is 0 Å². The summed E-state index contributed by atoms with van der Waals surface area (Å²) in [5.74, 6) is -1.40. The second kappa shape index (κ2) is 11.6. The summed E-state index contributed by atoms with van der Waals surface area (Å²) in [6, 6.07) is 5.74. The number of amides is 1. The van der Waals surface area contributed by atoms with Gasteiger partial charge < -0.3 is 14.8 Å². The molecule has 1 aromatic carbocycles. The fourth-order valence-electron chi connectivity index (χ4n) is 7.36. The van der Waals surface area contributed by atoms with E-state index in [1.807, 2.05) is 0 Å². The van der Waals surface area contributed by atoms with Gasteiger partial charge in [0.05, 0.1) is 22.6 Å². The molecular weight excluding hydrogens is 588 g/mol. The second-order valence-electron chi connectivity index (χ2n) is 13.6. The van der Waals surface area contributed by atoms with E-state index in [0.29, 0.717) is 23.0 Å². The quantitative estimate of drug-likeness (QED) is 0.365. The van der Waals surface area contributed by atoms with E-state index >= 15 is 0 Å². The van der Waals surface area contributed by atoms with Crippen LogP contribution in [-0.4, -0.2) is 55.9 Å². The van der Waals surface area contributed by atoms with E-state index in [2.05, 4.69) is 33.0 Å². The van der Waals surface area contributed by atoms with Gasteiger partial charge in [-0.25, -0.2) is 18.0 Å². The normalized spacial score (nSPS) is 25.4. The Morgan fingerprint density at radius 3 is 2.63 bits per heavy atom. The molecule has 5 rings (SSSR count). The van der Waals surface area contributed by atoms with Gasteiger partial charge in [-0.2, -0.15) is 4.31 Å². The molecule has 43 heavy (non-hydrogen) atoms. The van der Waals surface area contributed by atoms with Crippen molar-refractivity contribution in [1.29, 1.82) is 0 Å². The molecular formula is C32H42N2O7S2. The number of hydrogen-bond acceptors (Lipinski definition) is 8. The highest BCUT2D eigenvalue weighted by atomic mass is 32.2. The minimum absolute atomic E-state index is 0.0329. The maximum atomic E-state index is 13.7. The summed E-state index contributed by atoms with van der Waals surface area (Å²) in [4.78, 5) is 40.1. The molecule has 2 aromatic rings. The molecule has 1 N–H and O–H groups in total. The lowest BCUT2D eigenvalue weighted by Gasteiger charge is -2.39. The number of benzene rings is 1. The molecule has 234 valence electrons. The lowest BCUT2D eigenvalue weighted by atomic mass is 9.65. The van der Waals surface area contributed by atoms with Crippen LogP contribution in [-0.2, 0) is 37.1 Å². The zero-order chi connectivity index (χ0) is 31.3. The number of nitrogens with zero attached hydrogens (tertiary/aromatic N) is 1. The van der Waals surface area contributed by atoms with Gasteiger partial charge in [-0.3, -0.25) is 4.79 Å². The van der Waals surface area contributed by atoms with Crippen LogP contribution in [0.15, 0.2) is 29.2 Å². The molecule has 2 heterocycles. The molecule has 1 aliphatic heterocycles. The molecule has 11 heteroatoms. The number of anilines is 1. The van der Waals surface area contributed by atoms with Crippen LogP contribution in [0.1, 0.15) is 98.4 Å². The third-order valence-corrected chi connectivity index (χ3v) is 12.0. The summed E-state index contributed by atoms with van der Waals surface area (Å²) < 4.78 is 39.8. The van der Waals surface area contributed by atoms with Crippen molar-refractivity contribution in [3.8, 4) is 0 Å². The molecule has 2 fully saturated rings. The number of fused-ring (bicyclic) bond motifs is 3. The predicted molar refractivity (Wildman–Crippen MR) is 165 cm³/mol. The van der Waals surface area contributed by atoms with Crippen molar-refractivity contribution in [3.63, 3.8) is 0 Å². The molecule has 9 nitrogen and oxygen atoms in total.